The molecule has 0 atom stereocenters. The summed E-state index contributed by atoms with van der Waals surface area (Å²) in [5.74, 6) is 0. The van der Waals surface area contributed by atoms with Crippen LogP contribution in [0.3, 0.4) is 0 Å². The molecule has 1 nitrogen and oxygen atoms in total. The molecule has 0 aliphatic rings. The second-order valence-electron chi connectivity index (χ2n) is 6.33. The quantitative estimate of drug-likeness (QED) is 0.344. The maximum absolute atomic E-state index is 4.74. The van der Waals surface area contributed by atoms with Crippen LogP contribution >= 0.6 is 0 Å². The van der Waals surface area contributed by atoms with Crippen LogP contribution in [0.25, 0.3) is 12.2 Å². The van der Waals surface area contributed by atoms with Crippen LogP contribution in [0.5, 0.6) is 0 Å². The van der Waals surface area contributed by atoms with Gasteiger partial charge in [-0.3, -0.25) is 4.99 Å². The average Bonchev–Trinajstić information content (AvgIpc) is 2.67. The fourth-order valence-electron chi connectivity index (χ4n) is 3.08. The first-order valence-corrected chi connectivity index (χ1v) is 9.19. The van der Waals surface area contributed by atoms with E-state index in [-0.39, 0.29) is 0 Å². The minimum Gasteiger partial charge on any atom is -0.289 e. The van der Waals surface area contributed by atoms with Crippen LogP contribution in [-0.4, -0.2) is 12.3 Å². The van der Waals surface area contributed by atoms with E-state index >= 15 is 0 Å². The average molecular weight is 332 g/mol. The highest BCUT2D eigenvalue weighted by Gasteiger charge is 2.01. The van der Waals surface area contributed by atoms with Crippen LogP contribution in [0, 0.1) is 0 Å². The summed E-state index contributed by atoms with van der Waals surface area (Å²) in [6.45, 7) is 10.8. The summed E-state index contributed by atoms with van der Waals surface area (Å²) < 4.78 is 0. The third kappa shape index (κ3) is 5.86. The zero-order valence-corrected chi connectivity index (χ0v) is 15.4. The second-order valence-corrected chi connectivity index (χ2v) is 6.33. The van der Waals surface area contributed by atoms with Crippen molar-refractivity contribution in [3.8, 4) is 0 Å². The highest BCUT2D eigenvalue weighted by atomic mass is 14.7. The zero-order valence-electron chi connectivity index (χ0n) is 15.4. The molecule has 0 saturated carbocycles. The lowest BCUT2D eigenvalue weighted by Gasteiger charge is -2.06. The molecule has 130 valence electrons. The number of nitrogens with zero attached hydrogens (tertiary/aromatic N) is 1. The molecule has 2 aromatic rings. The predicted octanol–water partition coefficient (Wildman–Crippen LogP) is 6.58. The highest BCUT2D eigenvalue weighted by molar-refractivity contribution is 6.01. The molecule has 0 heterocycles. The van der Waals surface area contributed by atoms with Crippen molar-refractivity contribution in [2.75, 3.05) is 6.54 Å². The molecular formula is C24H29N. The lowest BCUT2D eigenvalue weighted by atomic mass is 10.0. The van der Waals surface area contributed by atoms with Crippen molar-refractivity contribution >= 4 is 17.9 Å². The number of hydrogen-bond acceptors (Lipinski definition) is 1. The van der Waals surface area contributed by atoms with Crippen LogP contribution in [0.1, 0.15) is 54.9 Å². The van der Waals surface area contributed by atoms with Gasteiger partial charge in [0.25, 0.3) is 0 Å². The Morgan fingerprint density at radius 3 is 2.24 bits per heavy atom. The molecule has 0 bridgehead atoms. The van der Waals surface area contributed by atoms with Crippen LogP contribution in [0.15, 0.2) is 66.7 Å². The third-order valence-electron chi connectivity index (χ3n) is 4.55. The topological polar surface area (TPSA) is 12.4 Å². The number of hydrogen-bond donors (Lipinski definition) is 0. The lowest BCUT2D eigenvalue weighted by molar-refractivity contribution is 0.647. The van der Waals surface area contributed by atoms with Gasteiger partial charge < -0.3 is 0 Å². The first-order valence-electron chi connectivity index (χ1n) is 9.19. The monoisotopic (exact) mass is 331 g/mol. The summed E-state index contributed by atoms with van der Waals surface area (Å²) in [5, 5.41) is 0. The van der Waals surface area contributed by atoms with Crippen molar-refractivity contribution in [1.82, 2.24) is 0 Å². The Kier molecular flexibility index (Phi) is 7.91. The molecule has 0 aliphatic heterocycles. The Labute approximate surface area is 152 Å². The fourth-order valence-corrected chi connectivity index (χ4v) is 3.08. The summed E-state index contributed by atoms with van der Waals surface area (Å²) in [7, 11) is 0. The summed E-state index contributed by atoms with van der Waals surface area (Å²) in [5.41, 5.74) is 6.13. The van der Waals surface area contributed by atoms with Gasteiger partial charge in [-0.2, -0.15) is 0 Å². The first kappa shape index (κ1) is 18.9. The molecule has 0 radical (unpaired) electrons. The highest BCUT2D eigenvalue weighted by Crippen LogP contribution is 2.15. The normalized spacial score (nSPS) is 11.3. The van der Waals surface area contributed by atoms with Gasteiger partial charge in [0, 0.05) is 17.8 Å². The van der Waals surface area contributed by atoms with E-state index in [0.29, 0.717) is 0 Å². The lowest BCUT2D eigenvalue weighted by Crippen LogP contribution is -1.99. The second kappa shape index (κ2) is 10.5. The SMILES string of the molecule is C=Cc1ccccc1CCCCCCN=C(C)c1ccccc1C=C. The predicted molar refractivity (Wildman–Crippen MR) is 112 cm³/mol. The molecule has 0 N–H and O–H groups in total. The Morgan fingerprint density at radius 1 is 0.840 bits per heavy atom. The summed E-state index contributed by atoms with van der Waals surface area (Å²) in [6.07, 6.45) is 9.85. The molecule has 1 heteroatoms. The third-order valence-corrected chi connectivity index (χ3v) is 4.55. The minimum absolute atomic E-state index is 0.903. The van der Waals surface area contributed by atoms with Crippen molar-refractivity contribution < 1.29 is 0 Å². The van der Waals surface area contributed by atoms with Crippen molar-refractivity contribution in [3.05, 3.63) is 83.9 Å². The zero-order chi connectivity index (χ0) is 17.9. The molecule has 0 spiro atoms. The van der Waals surface area contributed by atoms with Crippen LogP contribution in [0.4, 0.5) is 0 Å². The van der Waals surface area contributed by atoms with E-state index in [2.05, 4.69) is 62.5 Å². The van der Waals surface area contributed by atoms with E-state index in [9.17, 15) is 0 Å². The van der Waals surface area contributed by atoms with Gasteiger partial charge in [-0.1, -0.05) is 86.7 Å². The van der Waals surface area contributed by atoms with Gasteiger partial charge in [-0.25, -0.2) is 0 Å². The maximum atomic E-state index is 4.74. The van der Waals surface area contributed by atoms with Crippen molar-refractivity contribution in [1.29, 1.82) is 0 Å². The van der Waals surface area contributed by atoms with E-state index in [1.165, 1.54) is 36.0 Å². The van der Waals surface area contributed by atoms with Crippen LogP contribution < -0.4 is 0 Å². The summed E-state index contributed by atoms with van der Waals surface area (Å²) >= 11 is 0. The Hall–Kier alpha value is -2.41. The maximum Gasteiger partial charge on any atom is 0.0395 e. The van der Waals surface area contributed by atoms with E-state index in [1.807, 2.05) is 18.2 Å². The van der Waals surface area contributed by atoms with Gasteiger partial charge in [0.05, 0.1) is 0 Å². The number of unbranched alkanes of at least 4 members (excludes halogenated alkanes) is 3. The summed E-state index contributed by atoms with van der Waals surface area (Å²) in [4.78, 5) is 4.74. The minimum atomic E-state index is 0.903. The van der Waals surface area contributed by atoms with Gasteiger partial charge in [0.15, 0.2) is 0 Å². The van der Waals surface area contributed by atoms with E-state index in [0.717, 1.165) is 30.7 Å². The fraction of sp³-hybridized carbons (Fsp3) is 0.292. The molecule has 0 aromatic heterocycles. The van der Waals surface area contributed by atoms with Crippen LogP contribution in [0.2, 0.25) is 0 Å². The van der Waals surface area contributed by atoms with Crippen molar-refractivity contribution in [2.45, 2.75) is 39.0 Å². The van der Waals surface area contributed by atoms with Crippen molar-refractivity contribution in [2.24, 2.45) is 4.99 Å². The van der Waals surface area contributed by atoms with Gasteiger partial charge in [0.2, 0.25) is 0 Å². The number of aryl methyl sites for hydroxylation is 1. The molecule has 0 fully saturated rings. The smallest absolute Gasteiger partial charge is 0.0395 e. The molecule has 2 rings (SSSR count). The number of aliphatic imine (C=N–C) groups is 1. The van der Waals surface area contributed by atoms with Crippen LogP contribution in [-0.2, 0) is 6.42 Å². The molecule has 0 unspecified atom stereocenters. The van der Waals surface area contributed by atoms with Gasteiger partial charge in [-0.15, -0.1) is 0 Å². The molecular weight excluding hydrogens is 302 g/mol. The van der Waals surface area contributed by atoms with Gasteiger partial charge in [-0.05, 0) is 42.9 Å². The van der Waals surface area contributed by atoms with E-state index < -0.39 is 0 Å². The number of rotatable bonds is 10. The van der Waals surface area contributed by atoms with Gasteiger partial charge >= 0.3 is 0 Å². The van der Waals surface area contributed by atoms with Crippen molar-refractivity contribution in [3.63, 3.8) is 0 Å². The Balaban J connectivity index is 1.71. The van der Waals surface area contributed by atoms with E-state index in [1.54, 1.807) is 0 Å². The first-order chi connectivity index (χ1) is 12.3. The molecule has 0 saturated heterocycles. The Bertz CT molecular complexity index is 724. The largest absolute Gasteiger partial charge is 0.289 e. The molecule has 25 heavy (non-hydrogen) atoms. The number of benzene rings is 2. The summed E-state index contributed by atoms with van der Waals surface area (Å²) in [6, 6.07) is 16.8. The standard InChI is InChI=1S/C24H29N/c1-4-21-14-9-10-17-23(21)16-8-6-7-13-19-25-20(3)24-18-12-11-15-22(24)5-2/h4-5,9-12,14-15,17-18H,1-2,6-8,13,16,19H2,3H3. The van der Waals surface area contributed by atoms with Gasteiger partial charge in [0.1, 0.15) is 0 Å². The Morgan fingerprint density at radius 2 is 1.48 bits per heavy atom. The van der Waals surface area contributed by atoms with E-state index in [4.69, 9.17) is 4.99 Å². The molecule has 2 aromatic carbocycles. The molecule has 0 amide bonds. The molecule has 0 aliphatic carbocycles.